The standard InChI is InChI=1S/C12H16FNO2/c1-14(12(16)7-4-8-15)9-10-5-2-3-6-11(10)13/h2-3,5-6,15H,4,7-9H2,1H3. The first kappa shape index (κ1) is 12.6. The fourth-order valence-corrected chi connectivity index (χ4v) is 1.39. The molecular weight excluding hydrogens is 209 g/mol. The molecule has 16 heavy (non-hydrogen) atoms. The normalized spacial score (nSPS) is 10.2. The van der Waals surface area contributed by atoms with Crippen molar-refractivity contribution in [1.82, 2.24) is 4.90 Å². The summed E-state index contributed by atoms with van der Waals surface area (Å²) in [6.07, 6.45) is 0.738. The van der Waals surface area contributed by atoms with Crippen LogP contribution in [0, 0.1) is 5.82 Å². The minimum atomic E-state index is -0.302. The van der Waals surface area contributed by atoms with Crippen LogP contribution >= 0.6 is 0 Å². The second-order valence-electron chi connectivity index (χ2n) is 3.67. The summed E-state index contributed by atoms with van der Waals surface area (Å²) in [5, 5.41) is 8.60. The maximum absolute atomic E-state index is 13.3. The van der Waals surface area contributed by atoms with E-state index in [4.69, 9.17) is 5.11 Å². The molecule has 1 N–H and O–H groups in total. The van der Waals surface area contributed by atoms with Gasteiger partial charge in [-0.05, 0) is 12.5 Å². The monoisotopic (exact) mass is 225 g/mol. The van der Waals surface area contributed by atoms with Gasteiger partial charge in [-0.3, -0.25) is 4.79 Å². The van der Waals surface area contributed by atoms with Crippen molar-refractivity contribution < 1.29 is 14.3 Å². The van der Waals surface area contributed by atoms with Gasteiger partial charge in [-0.15, -0.1) is 0 Å². The van der Waals surface area contributed by atoms with Crippen molar-refractivity contribution in [2.45, 2.75) is 19.4 Å². The molecule has 0 radical (unpaired) electrons. The smallest absolute Gasteiger partial charge is 0.222 e. The Balaban J connectivity index is 2.54. The van der Waals surface area contributed by atoms with Crippen LogP contribution in [-0.2, 0) is 11.3 Å². The minimum absolute atomic E-state index is 0.000716. The number of nitrogens with zero attached hydrogens (tertiary/aromatic N) is 1. The van der Waals surface area contributed by atoms with Gasteiger partial charge in [0.15, 0.2) is 0 Å². The minimum Gasteiger partial charge on any atom is -0.396 e. The van der Waals surface area contributed by atoms with Crippen molar-refractivity contribution in [3.8, 4) is 0 Å². The highest BCUT2D eigenvalue weighted by molar-refractivity contribution is 5.75. The number of carbonyl (C=O) groups excluding carboxylic acids is 1. The molecule has 0 aliphatic rings. The largest absolute Gasteiger partial charge is 0.396 e. The van der Waals surface area contributed by atoms with Crippen molar-refractivity contribution in [2.24, 2.45) is 0 Å². The lowest BCUT2D eigenvalue weighted by Crippen LogP contribution is -2.26. The SMILES string of the molecule is CN(Cc1ccccc1F)C(=O)CCCO. The van der Waals surface area contributed by atoms with E-state index < -0.39 is 0 Å². The lowest BCUT2D eigenvalue weighted by Gasteiger charge is -2.17. The van der Waals surface area contributed by atoms with Crippen molar-refractivity contribution in [2.75, 3.05) is 13.7 Å². The summed E-state index contributed by atoms with van der Waals surface area (Å²) in [6.45, 7) is 0.260. The van der Waals surface area contributed by atoms with Crippen LogP contribution < -0.4 is 0 Å². The lowest BCUT2D eigenvalue weighted by molar-refractivity contribution is -0.130. The third-order valence-electron chi connectivity index (χ3n) is 2.34. The first-order valence-corrected chi connectivity index (χ1v) is 5.23. The highest BCUT2D eigenvalue weighted by Gasteiger charge is 2.10. The summed E-state index contributed by atoms with van der Waals surface area (Å²) in [7, 11) is 1.63. The second-order valence-corrected chi connectivity index (χ2v) is 3.67. The van der Waals surface area contributed by atoms with Crippen molar-refractivity contribution in [3.63, 3.8) is 0 Å². The fraction of sp³-hybridized carbons (Fsp3) is 0.417. The summed E-state index contributed by atoms with van der Waals surface area (Å²) < 4.78 is 13.3. The zero-order valence-corrected chi connectivity index (χ0v) is 9.32. The van der Waals surface area contributed by atoms with Gasteiger partial charge in [0, 0.05) is 32.2 Å². The molecule has 1 rings (SSSR count). The summed E-state index contributed by atoms with van der Waals surface area (Å²) >= 11 is 0. The van der Waals surface area contributed by atoms with E-state index >= 15 is 0 Å². The third kappa shape index (κ3) is 3.62. The van der Waals surface area contributed by atoms with E-state index in [0.717, 1.165) is 0 Å². The number of aliphatic hydroxyl groups excluding tert-OH is 1. The van der Waals surface area contributed by atoms with Crippen LogP contribution in [0.25, 0.3) is 0 Å². The molecule has 4 heteroatoms. The maximum Gasteiger partial charge on any atom is 0.222 e. The molecule has 0 spiro atoms. The fourth-order valence-electron chi connectivity index (χ4n) is 1.39. The van der Waals surface area contributed by atoms with Crippen LogP contribution in [-0.4, -0.2) is 29.6 Å². The highest BCUT2D eigenvalue weighted by atomic mass is 19.1. The predicted octanol–water partition coefficient (Wildman–Crippen LogP) is 1.56. The van der Waals surface area contributed by atoms with Crippen molar-refractivity contribution >= 4 is 5.91 Å². The Hall–Kier alpha value is -1.42. The molecule has 0 unspecified atom stereocenters. The van der Waals surface area contributed by atoms with Gasteiger partial charge in [-0.25, -0.2) is 4.39 Å². The van der Waals surface area contributed by atoms with Crippen LogP contribution in [0.1, 0.15) is 18.4 Å². The summed E-state index contributed by atoms with van der Waals surface area (Å²) in [4.78, 5) is 13.0. The quantitative estimate of drug-likeness (QED) is 0.826. The molecule has 88 valence electrons. The molecule has 0 fully saturated rings. The van der Waals surface area contributed by atoms with E-state index in [0.29, 0.717) is 18.4 Å². The van der Waals surface area contributed by atoms with Crippen LogP contribution in [0.5, 0.6) is 0 Å². The molecule has 3 nitrogen and oxygen atoms in total. The van der Waals surface area contributed by atoms with Gasteiger partial charge >= 0.3 is 0 Å². The lowest BCUT2D eigenvalue weighted by atomic mass is 10.2. The average Bonchev–Trinajstić information content (AvgIpc) is 2.28. The van der Waals surface area contributed by atoms with Crippen LogP contribution in [0.3, 0.4) is 0 Å². The number of amides is 1. The molecule has 0 bridgehead atoms. The molecule has 0 aliphatic carbocycles. The third-order valence-corrected chi connectivity index (χ3v) is 2.34. The van der Waals surface area contributed by atoms with Crippen molar-refractivity contribution in [1.29, 1.82) is 0 Å². The van der Waals surface area contributed by atoms with Gasteiger partial charge < -0.3 is 10.0 Å². The van der Waals surface area contributed by atoms with E-state index in [9.17, 15) is 9.18 Å². The number of halogens is 1. The number of rotatable bonds is 5. The second kappa shape index (κ2) is 6.23. The van der Waals surface area contributed by atoms with Crippen LogP contribution in [0.2, 0.25) is 0 Å². The molecule has 0 aromatic heterocycles. The molecule has 0 atom stereocenters. The van der Waals surface area contributed by atoms with Gasteiger partial charge in [-0.2, -0.15) is 0 Å². The van der Waals surface area contributed by atoms with Crippen LogP contribution in [0.4, 0.5) is 4.39 Å². The summed E-state index contributed by atoms with van der Waals surface area (Å²) in [5.41, 5.74) is 0.502. The Morgan fingerprint density at radius 2 is 2.12 bits per heavy atom. The van der Waals surface area contributed by atoms with E-state index in [1.807, 2.05) is 0 Å². The van der Waals surface area contributed by atoms with Gasteiger partial charge in [0.2, 0.25) is 5.91 Å². The molecular formula is C12H16FNO2. The number of aliphatic hydroxyl groups is 1. The topological polar surface area (TPSA) is 40.5 Å². The van der Waals surface area contributed by atoms with E-state index in [-0.39, 0.29) is 24.9 Å². The molecule has 0 aliphatic heterocycles. The molecule has 0 heterocycles. The first-order chi connectivity index (χ1) is 7.65. The Kier molecular flexibility index (Phi) is 4.92. The molecule has 0 saturated carbocycles. The molecule has 1 amide bonds. The molecule has 1 aromatic carbocycles. The maximum atomic E-state index is 13.3. The van der Waals surface area contributed by atoms with Gasteiger partial charge in [-0.1, -0.05) is 18.2 Å². The highest BCUT2D eigenvalue weighted by Crippen LogP contribution is 2.09. The number of hydrogen-bond acceptors (Lipinski definition) is 2. The number of benzene rings is 1. The predicted molar refractivity (Wildman–Crippen MR) is 59.2 cm³/mol. The van der Waals surface area contributed by atoms with Gasteiger partial charge in [0.05, 0.1) is 0 Å². The van der Waals surface area contributed by atoms with Gasteiger partial charge in [0.25, 0.3) is 0 Å². The zero-order valence-electron chi connectivity index (χ0n) is 9.32. The van der Waals surface area contributed by atoms with Gasteiger partial charge in [0.1, 0.15) is 5.82 Å². The summed E-state index contributed by atoms with van der Waals surface area (Å²) in [5.74, 6) is -0.387. The summed E-state index contributed by atoms with van der Waals surface area (Å²) in [6, 6.07) is 6.39. The molecule has 1 aromatic rings. The Morgan fingerprint density at radius 3 is 2.75 bits per heavy atom. The number of carbonyl (C=O) groups is 1. The number of hydrogen-bond donors (Lipinski definition) is 1. The molecule has 0 saturated heterocycles. The first-order valence-electron chi connectivity index (χ1n) is 5.23. The average molecular weight is 225 g/mol. The Bertz CT molecular complexity index is 355. The van der Waals surface area contributed by atoms with Crippen molar-refractivity contribution in [3.05, 3.63) is 35.6 Å². The van der Waals surface area contributed by atoms with E-state index in [2.05, 4.69) is 0 Å². The van der Waals surface area contributed by atoms with Crippen LogP contribution in [0.15, 0.2) is 24.3 Å². The van der Waals surface area contributed by atoms with E-state index in [1.54, 1.807) is 25.2 Å². The zero-order chi connectivity index (χ0) is 12.0. The van der Waals surface area contributed by atoms with E-state index in [1.165, 1.54) is 11.0 Å². The Labute approximate surface area is 94.5 Å². The Morgan fingerprint density at radius 1 is 1.44 bits per heavy atom.